The predicted molar refractivity (Wildman–Crippen MR) is 114 cm³/mol. The summed E-state index contributed by atoms with van der Waals surface area (Å²) in [5.74, 6) is 2.18. The highest BCUT2D eigenvalue weighted by Gasteiger charge is 2.24. The molecule has 1 amide bonds. The molecule has 152 valence electrons. The van der Waals surface area contributed by atoms with Crippen LogP contribution in [0.2, 0.25) is 0 Å². The van der Waals surface area contributed by atoms with E-state index in [1.807, 2.05) is 11.0 Å². The van der Waals surface area contributed by atoms with Crippen molar-refractivity contribution >= 4 is 17.7 Å². The molecule has 28 heavy (non-hydrogen) atoms. The van der Waals surface area contributed by atoms with E-state index >= 15 is 0 Å². The zero-order valence-corrected chi connectivity index (χ0v) is 18.1. The number of carbonyl (C=O) groups is 1. The van der Waals surface area contributed by atoms with Crippen molar-refractivity contribution in [2.24, 2.45) is 5.92 Å². The van der Waals surface area contributed by atoms with E-state index in [1.54, 1.807) is 0 Å². The van der Waals surface area contributed by atoms with E-state index in [4.69, 9.17) is 0 Å². The van der Waals surface area contributed by atoms with Gasteiger partial charge in [-0.1, -0.05) is 55.9 Å². The highest BCUT2D eigenvalue weighted by molar-refractivity contribution is 7.99. The van der Waals surface area contributed by atoms with Crippen molar-refractivity contribution in [1.82, 2.24) is 19.7 Å². The number of aromatic nitrogens is 3. The molecule has 2 aromatic rings. The van der Waals surface area contributed by atoms with Crippen LogP contribution in [0.4, 0.5) is 0 Å². The minimum absolute atomic E-state index is 0.224. The normalized spacial score (nSPS) is 17.3. The average molecular weight is 401 g/mol. The molecule has 1 fully saturated rings. The third kappa shape index (κ3) is 5.60. The first-order chi connectivity index (χ1) is 13.5. The van der Waals surface area contributed by atoms with E-state index in [2.05, 4.69) is 59.8 Å². The summed E-state index contributed by atoms with van der Waals surface area (Å²) in [6.45, 7) is 8.34. The van der Waals surface area contributed by atoms with Gasteiger partial charge < -0.3 is 9.47 Å². The van der Waals surface area contributed by atoms with Crippen LogP contribution in [0, 0.1) is 5.92 Å². The fourth-order valence-corrected chi connectivity index (χ4v) is 4.59. The molecule has 0 saturated carbocycles. The van der Waals surface area contributed by atoms with Gasteiger partial charge in [-0.05, 0) is 44.1 Å². The number of nitrogens with zero attached hydrogens (tertiary/aromatic N) is 4. The van der Waals surface area contributed by atoms with Gasteiger partial charge in [0, 0.05) is 25.6 Å². The van der Waals surface area contributed by atoms with Gasteiger partial charge in [0.1, 0.15) is 5.82 Å². The van der Waals surface area contributed by atoms with E-state index < -0.39 is 0 Å². The Morgan fingerprint density at radius 2 is 1.96 bits per heavy atom. The maximum Gasteiger partial charge on any atom is 0.233 e. The zero-order chi connectivity index (χ0) is 19.9. The smallest absolute Gasteiger partial charge is 0.233 e. The van der Waals surface area contributed by atoms with Crippen molar-refractivity contribution in [1.29, 1.82) is 0 Å². The van der Waals surface area contributed by atoms with Crippen LogP contribution in [-0.2, 0) is 24.2 Å². The third-order valence-electron chi connectivity index (χ3n) is 5.27. The van der Waals surface area contributed by atoms with Crippen molar-refractivity contribution < 1.29 is 4.79 Å². The van der Waals surface area contributed by atoms with Crippen molar-refractivity contribution in [2.45, 2.75) is 70.6 Å². The summed E-state index contributed by atoms with van der Waals surface area (Å²) in [4.78, 5) is 14.7. The number of benzene rings is 1. The van der Waals surface area contributed by atoms with Gasteiger partial charge in [0.25, 0.3) is 0 Å². The fourth-order valence-electron chi connectivity index (χ4n) is 3.74. The standard InChI is InChI=1S/C22H32N4OS/c1-17(2)15-26-20(13-12-19-10-5-4-6-11-19)23-24-22(26)28-16-21(27)25-14-8-7-9-18(25)3/h4-6,10-11,17-18H,7-9,12-16H2,1-3H3/t18-/m0/s1. The van der Waals surface area contributed by atoms with Crippen LogP contribution in [0.3, 0.4) is 0 Å². The Morgan fingerprint density at radius 1 is 1.18 bits per heavy atom. The van der Waals surface area contributed by atoms with Gasteiger partial charge in [-0.2, -0.15) is 0 Å². The molecule has 2 heterocycles. The quantitative estimate of drug-likeness (QED) is 0.623. The van der Waals surface area contributed by atoms with Gasteiger partial charge >= 0.3 is 0 Å². The molecule has 0 radical (unpaired) electrons. The molecule has 0 unspecified atom stereocenters. The molecule has 3 rings (SSSR count). The lowest BCUT2D eigenvalue weighted by atomic mass is 10.0. The maximum atomic E-state index is 12.7. The molecule has 6 heteroatoms. The van der Waals surface area contributed by atoms with E-state index in [1.165, 1.54) is 23.7 Å². The Bertz CT molecular complexity index is 759. The van der Waals surface area contributed by atoms with Gasteiger partial charge in [0.2, 0.25) is 5.91 Å². The first-order valence-electron chi connectivity index (χ1n) is 10.4. The SMILES string of the molecule is CC(C)Cn1c(CCc2ccccc2)nnc1SCC(=O)N1CCCC[C@@H]1C. The molecular weight excluding hydrogens is 368 g/mol. The van der Waals surface area contributed by atoms with E-state index in [-0.39, 0.29) is 5.91 Å². The van der Waals surface area contributed by atoms with Gasteiger partial charge in [-0.25, -0.2) is 0 Å². The molecule has 1 aromatic carbocycles. The number of likely N-dealkylation sites (tertiary alicyclic amines) is 1. The van der Waals surface area contributed by atoms with Crippen molar-refractivity contribution in [3.05, 3.63) is 41.7 Å². The molecule has 0 aliphatic carbocycles. The van der Waals surface area contributed by atoms with Crippen LogP contribution >= 0.6 is 11.8 Å². The summed E-state index contributed by atoms with van der Waals surface area (Å²) >= 11 is 1.53. The molecular formula is C22H32N4OS. The minimum atomic E-state index is 0.224. The van der Waals surface area contributed by atoms with E-state index in [9.17, 15) is 4.79 Å². The molecule has 1 aromatic heterocycles. The fraction of sp³-hybridized carbons (Fsp3) is 0.591. The number of hydrogen-bond acceptors (Lipinski definition) is 4. The number of rotatable bonds is 8. The number of piperidine rings is 1. The summed E-state index contributed by atoms with van der Waals surface area (Å²) in [7, 11) is 0. The Labute approximate surface area is 172 Å². The minimum Gasteiger partial charge on any atom is -0.339 e. The van der Waals surface area contributed by atoms with Crippen molar-refractivity contribution in [3.63, 3.8) is 0 Å². The lowest BCUT2D eigenvalue weighted by Gasteiger charge is -2.33. The summed E-state index contributed by atoms with van der Waals surface area (Å²) in [5, 5.41) is 9.75. The second-order valence-corrected chi connectivity index (χ2v) is 9.05. The van der Waals surface area contributed by atoms with Gasteiger partial charge in [-0.3, -0.25) is 4.79 Å². The Kier molecular flexibility index (Phi) is 7.54. The van der Waals surface area contributed by atoms with E-state index in [0.717, 1.165) is 49.8 Å². The van der Waals surface area contributed by atoms with Crippen LogP contribution in [0.1, 0.15) is 51.4 Å². The molecule has 0 spiro atoms. The van der Waals surface area contributed by atoms with Crippen LogP contribution in [0.15, 0.2) is 35.5 Å². The molecule has 1 atom stereocenters. The molecule has 5 nitrogen and oxygen atoms in total. The largest absolute Gasteiger partial charge is 0.339 e. The van der Waals surface area contributed by atoms with Crippen LogP contribution in [0.25, 0.3) is 0 Å². The summed E-state index contributed by atoms with van der Waals surface area (Å²) < 4.78 is 2.21. The van der Waals surface area contributed by atoms with Gasteiger partial charge in [0.15, 0.2) is 5.16 Å². The molecule has 0 N–H and O–H groups in total. The molecule has 1 aliphatic heterocycles. The second-order valence-electron chi connectivity index (χ2n) is 8.11. The van der Waals surface area contributed by atoms with Crippen LogP contribution in [-0.4, -0.2) is 43.9 Å². The topological polar surface area (TPSA) is 51.0 Å². The van der Waals surface area contributed by atoms with Gasteiger partial charge in [-0.15, -0.1) is 10.2 Å². The molecule has 0 bridgehead atoms. The Balaban J connectivity index is 1.64. The first kappa shape index (κ1) is 20.9. The zero-order valence-electron chi connectivity index (χ0n) is 17.3. The van der Waals surface area contributed by atoms with Crippen molar-refractivity contribution in [2.75, 3.05) is 12.3 Å². The number of amides is 1. The van der Waals surface area contributed by atoms with Crippen LogP contribution in [0.5, 0.6) is 0 Å². The predicted octanol–water partition coefficient (Wildman–Crippen LogP) is 4.21. The van der Waals surface area contributed by atoms with Gasteiger partial charge in [0.05, 0.1) is 5.75 Å². The highest BCUT2D eigenvalue weighted by Crippen LogP contribution is 2.23. The Hall–Kier alpha value is -1.82. The maximum absolute atomic E-state index is 12.7. The van der Waals surface area contributed by atoms with Crippen molar-refractivity contribution in [3.8, 4) is 0 Å². The van der Waals surface area contributed by atoms with Crippen LogP contribution < -0.4 is 0 Å². The summed E-state index contributed by atoms with van der Waals surface area (Å²) in [6, 6.07) is 10.8. The Morgan fingerprint density at radius 3 is 2.68 bits per heavy atom. The first-order valence-corrected chi connectivity index (χ1v) is 11.4. The van der Waals surface area contributed by atoms with E-state index in [0.29, 0.717) is 17.7 Å². The molecule has 1 aliphatic rings. The highest BCUT2D eigenvalue weighted by atomic mass is 32.2. The number of carbonyl (C=O) groups excluding carboxylic acids is 1. The second kappa shape index (κ2) is 10.1. The molecule has 1 saturated heterocycles. The average Bonchev–Trinajstić information content (AvgIpc) is 3.06. The summed E-state index contributed by atoms with van der Waals surface area (Å²) in [5.41, 5.74) is 1.31. The number of aryl methyl sites for hydroxylation is 2. The number of thioether (sulfide) groups is 1. The number of hydrogen-bond donors (Lipinski definition) is 0. The third-order valence-corrected chi connectivity index (χ3v) is 6.22. The monoisotopic (exact) mass is 400 g/mol. The lowest BCUT2D eigenvalue weighted by Crippen LogP contribution is -2.43. The lowest BCUT2D eigenvalue weighted by molar-refractivity contribution is -0.131. The summed E-state index contributed by atoms with van der Waals surface area (Å²) in [6.07, 6.45) is 5.27.